The molecular weight excluding hydrogens is 452 g/mol. The van der Waals surface area contributed by atoms with Gasteiger partial charge < -0.3 is 25.0 Å². The fraction of sp³-hybridized carbons (Fsp3) is 0.552. The molecule has 2 aliphatic heterocycles. The lowest BCUT2D eigenvalue weighted by molar-refractivity contribution is 0.0593. The summed E-state index contributed by atoms with van der Waals surface area (Å²) in [6.45, 7) is 5.83. The molecule has 2 N–H and O–H groups in total. The van der Waals surface area contributed by atoms with Gasteiger partial charge in [0.15, 0.2) is 0 Å². The Morgan fingerprint density at radius 2 is 1.50 bits per heavy atom. The Morgan fingerprint density at radius 1 is 0.861 bits per heavy atom. The van der Waals surface area contributed by atoms with Gasteiger partial charge in [-0.05, 0) is 50.3 Å². The lowest BCUT2D eigenvalue weighted by atomic mass is 10.0. The van der Waals surface area contributed by atoms with Crippen LogP contribution in [-0.4, -0.2) is 87.6 Å². The van der Waals surface area contributed by atoms with Gasteiger partial charge in [-0.3, -0.25) is 4.90 Å². The van der Waals surface area contributed by atoms with Gasteiger partial charge in [0.05, 0.1) is 18.9 Å². The van der Waals surface area contributed by atoms with Gasteiger partial charge in [0.1, 0.15) is 0 Å². The molecule has 196 valence electrons. The molecule has 0 aliphatic carbocycles. The minimum atomic E-state index is -0.126. The predicted octanol–water partition coefficient (Wildman–Crippen LogP) is 4.46. The topological polar surface area (TPSA) is 66.1 Å². The first-order chi connectivity index (χ1) is 17.7. The van der Waals surface area contributed by atoms with E-state index in [-0.39, 0.29) is 12.1 Å². The summed E-state index contributed by atoms with van der Waals surface area (Å²) in [6, 6.07) is 19.2. The summed E-state index contributed by atoms with van der Waals surface area (Å²) in [4.78, 5) is 17.9. The van der Waals surface area contributed by atoms with Gasteiger partial charge in [0.2, 0.25) is 0 Å². The number of nitrogens with zero attached hydrogens (tertiary/aromatic N) is 2. The number of ether oxygens (including phenoxy) is 2. The first-order valence-electron chi connectivity index (χ1n) is 13.4. The second kappa shape index (κ2) is 13.7. The number of anilines is 1. The van der Waals surface area contributed by atoms with Crippen molar-refractivity contribution in [2.75, 3.05) is 58.9 Å². The summed E-state index contributed by atoms with van der Waals surface area (Å²) in [6.07, 6.45) is 5.50. The summed E-state index contributed by atoms with van der Waals surface area (Å²) < 4.78 is 10.9. The summed E-state index contributed by atoms with van der Waals surface area (Å²) in [5.74, 6) is 0. The third-order valence-corrected chi connectivity index (χ3v) is 7.56. The van der Waals surface area contributed by atoms with Gasteiger partial charge in [-0.15, -0.1) is 0 Å². The van der Waals surface area contributed by atoms with E-state index in [2.05, 4.69) is 32.6 Å². The smallest absolute Gasteiger partial charge is 0.319 e. The molecule has 4 rings (SSSR count). The van der Waals surface area contributed by atoms with Crippen molar-refractivity contribution in [3.63, 3.8) is 0 Å². The number of para-hydroxylation sites is 1. The van der Waals surface area contributed by atoms with Gasteiger partial charge in [-0.25, -0.2) is 4.79 Å². The van der Waals surface area contributed by atoms with Gasteiger partial charge in [-0.2, -0.15) is 0 Å². The fourth-order valence-electron chi connectivity index (χ4n) is 5.71. The third-order valence-electron chi connectivity index (χ3n) is 7.56. The number of urea groups is 1. The van der Waals surface area contributed by atoms with Crippen LogP contribution in [0.5, 0.6) is 0 Å². The number of rotatable bonds is 11. The average molecular weight is 495 g/mol. The summed E-state index contributed by atoms with van der Waals surface area (Å²) in [5, 5.41) is 6.27. The number of amides is 2. The lowest BCUT2D eigenvalue weighted by Gasteiger charge is -2.34. The van der Waals surface area contributed by atoms with Crippen molar-refractivity contribution < 1.29 is 14.3 Å². The number of methoxy groups -OCH3 is 2. The second-order valence-electron chi connectivity index (χ2n) is 10.0. The maximum Gasteiger partial charge on any atom is 0.319 e. The summed E-state index contributed by atoms with van der Waals surface area (Å²) in [7, 11) is 3.59. The zero-order valence-corrected chi connectivity index (χ0v) is 21.8. The highest BCUT2D eigenvalue weighted by Crippen LogP contribution is 2.28. The van der Waals surface area contributed by atoms with E-state index < -0.39 is 0 Å². The molecule has 7 heteroatoms. The van der Waals surface area contributed by atoms with E-state index in [9.17, 15) is 4.79 Å². The first kappa shape index (κ1) is 26.6. The number of benzene rings is 2. The molecule has 2 aromatic rings. The van der Waals surface area contributed by atoms with Crippen molar-refractivity contribution in [2.45, 2.75) is 50.2 Å². The fourth-order valence-corrected chi connectivity index (χ4v) is 5.71. The van der Waals surface area contributed by atoms with Crippen molar-refractivity contribution in [1.82, 2.24) is 15.1 Å². The Labute approximate surface area is 216 Å². The molecule has 2 aliphatic rings. The molecule has 2 heterocycles. The van der Waals surface area contributed by atoms with E-state index >= 15 is 0 Å². The normalized spacial score (nSPS) is 21.5. The van der Waals surface area contributed by atoms with Crippen LogP contribution in [0, 0.1) is 0 Å². The minimum absolute atomic E-state index is 0.126. The van der Waals surface area contributed by atoms with Crippen molar-refractivity contribution in [3.8, 4) is 11.1 Å². The van der Waals surface area contributed by atoms with Crippen LogP contribution >= 0.6 is 0 Å². The molecular formula is C29H42N4O3. The highest BCUT2D eigenvalue weighted by molar-refractivity contribution is 5.94. The summed E-state index contributed by atoms with van der Waals surface area (Å²) in [5.41, 5.74) is 2.96. The number of piperidine rings is 1. The van der Waals surface area contributed by atoms with Crippen LogP contribution < -0.4 is 10.6 Å². The molecule has 7 nitrogen and oxygen atoms in total. The SMILES string of the molecule is COC[C@H]1CC[C@H](COC)N1CCCN1CCC(NC(=O)Nc2ccccc2-c2ccccc2)CC1. The van der Waals surface area contributed by atoms with E-state index in [0.29, 0.717) is 12.1 Å². The quantitative estimate of drug-likeness (QED) is 0.483. The number of carbonyl (C=O) groups is 1. The molecule has 2 saturated heterocycles. The van der Waals surface area contributed by atoms with Gasteiger partial charge in [0, 0.05) is 57.5 Å². The molecule has 0 radical (unpaired) electrons. The Morgan fingerprint density at radius 3 is 2.17 bits per heavy atom. The highest BCUT2D eigenvalue weighted by Gasteiger charge is 2.33. The van der Waals surface area contributed by atoms with E-state index in [1.54, 1.807) is 14.2 Å². The molecule has 36 heavy (non-hydrogen) atoms. The monoisotopic (exact) mass is 494 g/mol. The zero-order valence-electron chi connectivity index (χ0n) is 21.8. The van der Waals surface area contributed by atoms with Crippen molar-refractivity contribution >= 4 is 11.7 Å². The number of nitrogens with one attached hydrogen (secondary N) is 2. The molecule has 0 bridgehead atoms. The molecule has 0 saturated carbocycles. The first-order valence-corrected chi connectivity index (χ1v) is 13.4. The van der Waals surface area contributed by atoms with Crippen LogP contribution in [0.2, 0.25) is 0 Å². The van der Waals surface area contributed by atoms with Crippen LogP contribution in [-0.2, 0) is 9.47 Å². The van der Waals surface area contributed by atoms with E-state index in [4.69, 9.17) is 9.47 Å². The Hall–Kier alpha value is -2.45. The van der Waals surface area contributed by atoms with Crippen LogP contribution in [0.15, 0.2) is 54.6 Å². The Kier molecular flexibility index (Phi) is 10.2. The molecule has 0 aromatic heterocycles. The van der Waals surface area contributed by atoms with Crippen molar-refractivity contribution in [2.24, 2.45) is 0 Å². The van der Waals surface area contributed by atoms with Crippen LogP contribution in [0.1, 0.15) is 32.1 Å². The number of carbonyl (C=O) groups excluding carboxylic acids is 1. The maximum atomic E-state index is 12.8. The molecule has 2 amide bonds. The number of hydrogen-bond donors (Lipinski definition) is 2. The van der Waals surface area contributed by atoms with Gasteiger partial charge in [0.25, 0.3) is 0 Å². The average Bonchev–Trinajstić information content (AvgIpc) is 3.27. The van der Waals surface area contributed by atoms with Crippen LogP contribution in [0.4, 0.5) is 10.5 Å². The Bertz CT molecular complexity index is 919. The Balaban J connectivity index is 1.19. The molecule has 2 atom stereocenters. The van der Waals surface area contributed by atoms with E-state index in [0.717, 1.165) is 75.5 Å². The molecule has 0 spiro atoms. The third kappa shape index (κ3) is 7.29. The largest absolute Gasteiger partial charge is 0.383 e. The zero-order chi connectivity index (χ0) is 25.2. The van der Waals surface area contributed by atoms with Gasteiger partial charge >= 0.3 is 6.03 Å². The van der Waals surface area contributed by atoms with Crippen LogP contribution in [0.3, 0.4) is 0 Å². The van der Waals surface area contributed by atoms with Gasteiger partial charge in [-0.1, -0.05) is 48.5 Å². The second-order valence-corrected chi connectivity index (χ2v) is 10.0. The standard InChI is InChI=1S/C29H42N4O3/c1-35-21-25-13-14-26(22-36-2)33(25)18-8-17-32-19-15-24(16-20-32)30-29(34)31-28-12-7-6-11-27(28)23-9-4-3-5-10-23/h3-7,9-12,24-26H,8,13-22H2,1-2H3,(H2,30,31,34)/t25-,26-/m1/s1. The maximum absolute atomic E-state index is 12.8. The van der Waals surface area contributed by atoms with Crippen LogP contribution in [0.25, 0.3) is 11.1 Å². The van der Waals surface area contributed by atoms with Crippen molar-refractivity contribution in [1.29, 1.82) is 0 Å². The van der Waals surface area contributed by atoms with E-state index in [1.807, 2.05) is 42.5 Å². The number of hydrogen-bond acceptors (Lipinski definition) is 5. The molecule has 2 fully saturated rings. The number of likely N-dealkylation sites (tertiary alicyclic amines) is 2. The molecule has 0 unspecified atom stereocenters. The lowest BCUT2D eigenvalue weighted by Crippen LogP contribution is -2.47. The van der Waals surface area contributed by atoms with Crippen molar-refractivity contribution in [3.05, 3.63) is 54.6 Å². The minimum Gasteiger partial charge on any atom is -0.383 e. The van der Waals surface area contributed by atoms with E-state index in [1.165, 1.54) is 12.8 Å². The predicted molar refractivity (Wildman–Crippen MR) is 145 cm³/mol. The summed E-state index contributed by atoms with van der Waals surface area (Å²) >= 11 is 0. The molecule has 2 aromatic carbocycles. The highest BCUT2D eigenvalue weighted by atomic mass is 16.5.